The number of hydrogen-bond donors (Lipinski definition) is 1. The van der Waals surface area contributed by atoms with Crippen LogP contribution >= 0.6 is 0 Å². The SMILES string of the molecule is CC1CC[N+](C)(C[C@@H](O)COc2ccc3ccccc3c2)CC1. The molecule has 3 nitrogen and oxygen atoms in total. The summed E-state index contributed by atoms with van der Waals surface area (Å²) in [5.41, 5.74) is 0. The maximum absolute atomic E-state index is 10.4. The summed E-state index contributed by atoms with van der Waals surface area (Å²) in [6.45, 7) is 5.78. The smallest absolute Gasteiger partial charge is 0.137 e. The van der Waals surface area contributed by atoms with Crippen molar-refractivity contribution in [2.75, 3.05) is 33.3 Å². The summed E-state index contributed by atoms with van der Waals surface area (Å²) < 4.78 is 6.79. The van der Waals surface area contributed by atoms with E-state index in [0.29, 0.717) is 6.61 Å². The molecule has 0 spiro atoms. The molecule has 0 aliphatic carbocycles. The van der Waals surface area contributed by atoms with Crippen molar-refractivity contribution in [3.8, 4) is 5.75 Å². The predicted octanol–water partition coefficient (Wildman–Crippen LogP) is 3.46. The predicted molar refractivity (Wildman–Crippen MR) is 94.6 cm³/mol. The first kappa shape index (κ1) is 16.3. The summed E-state index contributed by atoms with van der Waals surface area (Å²) >= 11 is 0. The van der Waals surface area contributed by atoms with Gasteiger partial charge in [0.05, 0.1) is 20.1 Å². The number of benzene rings is 2. The molecule has 1 fully saturated rings. The first-order chi connectivity index (χ1) is 11.0. The van der Waals surface area contributed by atoms with Gasteiger partial charge in [-0.2, -0.15) is 0 Å². The van der Waals surface area contributed by atoms with Crippen molar-refractivity contribution in [2.45, 2.75) is 25.9 Å². The highest BCUT2D eigenvalue weighted by molar-refractivity contribution is 5.83. The van der Waals surface area contributed by atoms with Crippen molar-refractivity contribution in [3.63, 3.8) is 0 Å². The van der Waals surface area contributed by atoms with Crippen molar-refractivity contribution >= 4 is 10.8 Å². The van der Waals surface area contributed by atoms with Crippen LogP contribution in [-0.2, 0) is 0 Å². The van der Waals surface area contributed by atoms with E-state index in [1.165, 1.54) is 23.6 Å². The Morgan fingerprint density at radius 3 is 2.57 bits per heavy atom. The van der Waals surface area contributed by atoms with E-state index in [-0.39, 0.29) is 0 Å². The van der Waals surface area contributed by atoms with Crippen LogP contribution in [0.5, 0.6) is 5.75 Å². The van der Waals surface area contributed by atoms with Crippen LogP contribution < -0.4 is 4.74 Å². The number of aliphatic hydroxyl groups excluding tert-OH is 1. The molecule has 0 aromatic heterocycles. The zero-order valence-corrected chi connectivity index (χ0v) is 14.2. The monoisotopic (exact) mass is 314 g/mol. The highest BCUT2D eigenvalue weighted by Gasteiger charge is 2.30. The van der Waals surface area contributed by atoms with Crippen molar-refractivity contribution in [3.05, 3.63) is 42.5 Å². The molecule has 0 bridgehead atoms. The van der Waals surface area contributed by atoms with E-state index in [9.17, 15) is 5.11 Å². The van der Waals surface area contributed by atoms with Gasteiger partial charge >= 0.3 is 0 Å². The standard InChI is InChI=1S/C20H28NO2/c1-16-9-11-21(2,12-10-16)14-19(22)15-23-20-8-7-17-5-3-4-6-18(17)13-20/h3-8,13,16,19,22H,9-12,14-15H2,1-2H3/q+1/t16?,19-,21?/m1/s1. The van der Waals surface area contributed by atoms with Crippen molar-refractivity contribution in [2.24, 2.45) is 5.92 Å². The second kappa shape index (κ2) is 6.90. The Morgan fingerprint density at radius 1 is 1.13 bits per heavy atom. The molecular formula is C20H28NO2+. The van der Waals surface area contributed by atoms with E-state index in [1.54, 1.807) is 0 Å². The number of quaternary nitrogens is 1. The lowest BCUT2D eigenvalue weighted by molar-refractivity contribution is -0.918. The van der Waals surface area contributed by atoms with Crippen LogP contribution in [0.1, 0.15) is 19.8 Å². The zero-order valence-electron chi connectivity index (χ0n) is 14.2. The van der Waals surface area contributed by atoms with Gasteiger partial charge in [-0.15, -0.1) is 0 Å². The second-order valence-corrected chi connectivity index (χ2v) is 7.41. The Kier molecular flexibility index (Phi) is 4.88. The fraction of sp³-hybridized carbons (Fsp3) is 0.500. The second-order valence-electron chi connectivity index (χ2n) is 7.41. The molecule has 0 saturated carbocycles. The van der Waals surface area contributed by atoms with Gasteiger partial charge < -0.3 is 14.3 Å². The lowest BCUT2D eigenvalue weighted by atomic mass is 9.97. The first-order valence-electron chi connectivity index (χ1n) is 8.67. The summed E-state index contributed by atoms with van der Waals surface area (Å²) in [6, 6.07) is 14.3. The molecule has 1 atom stereocenters. The number of nitrogens with zero attached hydrogens (tertiary/aromatic N) is 1. The molecule has 1 aliphatic rings. The van der Waals surface area contributed by atoms with E-state index in [0.717, 1.165) is 35.8 Å². The number of aliphatic hydroxyl groups is 1. The zero-order chi connectivity index (χ0) is 16.3. The number of rotatable bonds is 5. The molecule has 2 aromatic rings. The number of likely N-dealkylation sites (tertiary alicyclic amines) is 1. The van der Waals surface area contributed by atoms with Crippen molar-refractivity contribution < 1.29 is 14.3 Å². The van der Waals surface area contributed by atoms with Crippen LogP contribution in [-0.4, -0.2) is 49.0 Å². The Balaban J connectivity index is 1.54. The third-order valence-corrected chi connectivity index (χ3v) is 5.14. The van der Waals surface area contributed by atoms with Crippen molar-refractivity contribution in [1.29, 1.82) is 0 Å². The van der Waals surface area contributed by atoms with Gasteiger partial charge in [0.15, 0.2) is 0 Å². The average Bonchev–Trinajstić information content (AvgIpc) is 2.56. The molecule has 0 amide bonds. The Morgan fingerprint density at radius 2 is 1.83 bits per heavy atom. The molecule has 3 heteroatoms. The summed E-state index contributed by atoms with van der Waals surface area (Å²) in [7, 11) is 2.26. The number of likely N-dealkylation sites (N-methyl/N-ethyl adjacent to an activating group) is 1. The Bertz CT molecular complexity index is 647. The van der Waals surface area contributed by atoms with Gasteiger partial charge in [0.1, 0.15) is 25.0 Å². The van der Waals surface area contributed by atoms with Gasteiger partial charge in [-0.3, -0.25) is 0 Å². The van der Waals surface area contributed by atoms with Crippen LogP contribution in [0, 0.1) is 5.92 Å². The minimum Gasteiger partial charge on any atom is -0.491 e. The number of ether oxygens (including phenoxy) is 1. The number of hydrogen-bond acceptors (Lipinski definition) is 2. The fourth-order valence-corrected chi connectivity index (χ4v) is 3.51. The minimum atomic E-state index is -0.417. The summed E-state index contributed by atoms with van der Waals surface area (Å²) in [5.74, 6) is 1.66. The Labute approximate surface area is 139 Å². The molecule has 1 N–H and O–H groups in total. The normalized spacial score (nSPS) is 26.1. The lowest BCUT2D eigenvalue weighted by Crippen LogP contribution is -2.54. The van der Waals surface area contributed by atoms with Crippen LogP contribution in [0.3, 0.4) is 0 Å². The quantitative estimate of drug-likeness (QED) is 0.857. The molecule has 3 rings (SSSR count). The topological polar surface area (TPSA) is 29.5 Å². The van der Waals surface area contributed by atoms with Gasteiger partial charge in [0.2, 0.25) is 0 Å². The van der Waals surface area contributed by atoms with Gasteiger partial charge in [0, 0.05) is 0 Å². The first-order valence-corrected chi connectivity index (χ1v) is 8.67. The molecule has 1 saturated heterocycles. The third kappa shape index (κ3) is 4.24. The highest BCUT2D eigenvalue weighted by atomic mass is 16.5. The van der Waals surface area contributed by atoms with E-state index in [2.05, 4.69) is 32.2 Å². The maximum Gasteiger partial charge on any atom is 0.137 e. The highest BCUT2D eigenvalue weighted by Crippen LogP contribution is 2.23. The average molecular weight is 314 g/mol. The van der Waals surface area contributed by atoms with Gasteiger partial charge in [-0.1, -0.05) is 37.3 Å². The van der Waals surface area contributed by atoms with Gasteiger partial charge in [-0.05, 0) is 41.7 Å². The lowest BCUT2D eigenvalue weighted by Gasteiger charge is -2.41. The molecular weight excluding hydrogens is 286 g/mol. The van der Waals surface area contributed by atoms with Crippen molar-refractivity contribution in [1.82, 2.24) is 0 Å². The minimum absolute atomic E-state index is 0.363. The third-order valence-electron chi connectivity index (χ3n) is 5.14. The van der Waals surface area contributed by atoms with E-state index < -0.39 is 6.10 Å². The van der Waals surface area contributed by atoms with Crippen LogP contribution in [0.2, 0.25) is 0 Å². The van der Waals surface area contributed by atoms with Crippen LogP contribution in [0.15, 0.2) is 42.5 Å². The van der Waals surface area contributed by atoms with Gasteiger partial charge in [0.25, 0.3) is 0 Å². The van der Waals surface area contributed by atoms with Crippen LogP contribution in [0.25, 0.3) is 10.8 Å². The number of fused-ring (bicyclic) bond motifs is 1. The molecule has 2 aromatic carbocycles. The summed E-state index contributed by atoms with van der Waals surface area (Å²) in [6.07, 6.45) is 2.10. The summed E-state index contributed by atoms with van der Waals surface area (Å²) in [4.78, 5) is 0. The maximum atomic E-state index is 10.4. The molecule has 1 aliphatic heterocycles. The van der Waals surface area contributed by atoms with Crippen LogP contribution in [0.4, 0.5) is 0 Å². The van der Waals surface area contributed by atoms with Gasteiger partial charge in [-0.25, -0.2) is 0 Å². The summed E-state index contributed by atoms with van der Waals surface area (Å²) in [5, 5.41) is 12.7. The molecule has 0 radical (unpaired) electrons. The molecule has 1 heterocycles. The van der Waals surface area contributed by atoms with E-state index in [1.807, 2.05) is 24.3 Å². The molecule has 0 unspecified atom stereocenters. The number of piperidine rings is 1. The molecule has 23 heavy (non-hydrogen) atoms. The van der Waals surface area contributed by atoms with E-state index >= 15 is 0 Å². The van der Waals surface area contributed by atoms with E-state index in [4.69, 9.17) is 4.74 Å². The Hall–Kier alpha value is -1.58. The fourth-order valence-electron chi connectivity index (χ4n) is 3.51. The molecule has 124 valence electrons. The largest absolute Gasteiger partial charge is 0.491 e.